The van der Waals surface area contributed by atoms with E-state index in [9.17, 15) is 0 Å². The fourth-order valence-corrected chi connectivity index (χ4v) is 0. The SMILES string of the molecule is CC(C)C.[O]=[Zr]. The zero-order valence-electron chi connectivity index (χ0n) is 4.49. The van der Waals surface area contributed by atoms with Crippen LogP contribution in [-0.4, -0.2) is 0 Å². The minimum atomic E-state index is 0.300. The fourth-order valence-electron chi connectivity index (χ4n) is 0. The van der Waals surface area contributed by atoms with Crippen LogP contribution in [0, 0.1) is 5.92 Å². The summed E-state index contributed by atoms with van der Waals surface area (Å²) in [4.78, 5) is 0. The Kier molecular flexibility index (Phi) is 15.1. The van der Waals surface area contributed by atoms with Crippen LogP contribution < -0.4 is 0 Å². The molecule has 0 saturated carbocycles. The summed E-state index contributed by atoms with van der Waals surface area (Å²) in [5, 5.41) is 0. The Labute approximate surface area is 54.4 Å². The standard InChI is InChI=1S/C4H10.O.Zr/c1-4(2)3;;/h4H,1-3H3;;. The first-order valence-electron chi connectivity index (χ1n) is 1.94. The first-order valence-corrected chi connectivity index (χ1v) is 2.94. The molecule has 0 N–H and O–H groups in total. The van der Waals surface area contributed by atoms with Crippen molar-refractivity contribution in [2.75, 3.05) is 0 Å². The average Bonchev–Trinajstić information content (AvgIpc) is 1.41. The molecule has 0 bridgehead atoms. The summed E-state index contributed by atoms with van der Waals surface area (Å²) < 4.78 is 8.34. The molecule has 0 heterocycles. The van der Waals surface area contributed by atoms with Crippen LogP contribution in [0.3, 0.4) is 0 Å². The van der Waals surface area contributed by atoms with Crippen molar-refractivity contribution in [3.05, 3.63) is 0 Å². The van der Waals surface area contributed by atoms with E-state index in [1.165, 1.54) is 0 Å². The fraction of sp³-hybridized carbons (Fsp3) is 1.00. The molecule has 0 aliphatic carbocycles. The molecule has 1 nitrogen and oxygen atoms in total. The van der Waals surface area contributed by atoms with Crippen molar-refractivity contribution < 1.29 is 27.5 Å². The molecule has 0 aromatic carbocycles. The van der Waals surface area contributed by atoms with E-state index in [4.69, 9.17) is 2.81 Å². The van der Waals surface area contributed by atoms with E-state index >= 15 is 0 Å². The Morgan fingerprint density at radius 3 is 1.17 bits per heavy atom. The van der Waals surface area contributed by atoms with Crippen molar-refractivity contribution in [3.63, 3.8) is 0 Å². The molecule has 0 rings (SSSR count). The Balaban J connectivity index is 0. The van der Waals surface area contributed by atoms with Crippen LogP contribution in [0.15, 0.2) is 0 Å². The van der Waals surface area contributed by atoms with Gasteiger partial charge in [-0.3, -0.25) is 0 Å². The third kappa shape index (κ3) is 136. The van der Waals surface area contributed by atoms with Gasteiger partial charge in [0.1, 0.15) is 0 Å². The van der Waals surface area contributed by atoms with Crippen molar-refractivity contribution in [3.8, 4) is 0 Å². The van der Waals surface area contributed by atoms with Gasteiger partial charge in [0.15, 0.2) is 0 Å². The van der Waals surface area contributed by atoms with Crippen molar-refractivity contribution >= 4 is 0 Å². The second-order valence-electron chi connectivity index (χ2n) is 1.73. The molecule has 36 valence electrons. The van der Waals surface area contributed by atoms with Crippen molar-refractivity contribution in [2.45, 2.75) is 20.8 Å². The summed E-state index contributed by atoms with van der Waals surface area (Å²) in [5.74, 6) is 0.833. The summed E-state index contributed by atoms with van der Waals surface area (Å²) in [5.41, 5.74) is 0. The first-order chi connectivity index (χ1) is 2.73. The van der Waals surface area contributed by atoms with Crippen LogP contribution in [0.2, 0.25) is 0 Å². The van der Waals surface area contributed by atoms with Gasteiger partial charge in [0, 0.05) is 0 Å². The van der Waals surface area contributed by atoms with Crippen LogP contribution in [0.25, 0.3) is 0 Å². The molecule has 0 atom stereocenters. The van der Waals surface area contributed by atoms with Crippen LogP contribution in [0.4, 0.5) is 0 Å². The van der Waals surface area contributed by atoms with E-state index in [1.54, 1.807) is 0 Å². The van der Waals surface area contributed by atoms with Gasteiger partial charge < -0.3 is 0 Å². The molecule has 0 aliphatic heterocycles. The van der Waals surface area contributed by atoms with Gasteiger partial charge in [0.25, 0.3) is 0 Å². The molecule has 0 aromatic rings. The third-order valence-corrected chi connectivity index (χ3v) is 0. The predicted octanol–water partition coefficient (Wildman–Crippen LogP) is 1.54. The number of rotatable bonds is 0. The monoisotopic (exact) mass is 164 g/mol. The van der Waals surface area contributed by atoms with E-state index in [0.29, 0.717) is 24.7 Å². The van der Waals surface area contributed by atoms with Gasteiger partial charge in [-0.1, -0.05) is 20.8 Å². The molecule has 0 amide bonds. The first kappa shape index (κ1) is 9.84. The Morgan fingerprint density at radius 1 is 1.17 bits per heavy atom. The molecular formula is C4H10OZr. The molecule has 0 saturated heterocycles. The van der Waals surface area contributed by atoms with Crippen molar-refractivity contribution in [1.82, 2.24) is 0 Å². The quantitative estimate of drug-likeness (QED) is 0.532. The van der Waals surface area contributed by atoms with Gasteiger partial charge in [-0.2, -0.15) is 0 Å². The van der Waals surface area contributed by atoms with Crippen LogP contribution in [0.1, 0.15) is 20.8 Å². The maximum absolute atomic E-state index is 8.34. The summed E-state index contributed by atoms with van der Waals surface area (Å²) in [6.07, 6.45) is 0. The van der Waals surface area contributed by atoms with E-state index in [1.807, 2.05) is 0 Å². The Hall–Kier alpha value is 0.683. The van der Waals surface area contributed by atoms with Gasteiger partial charge in [-0.05, 0) is 5.92 Å². The molecule has 0 aliphatic rings. The normalized spacial score (nSPS) is 6.50. The summed E-state index contributed by atoms with van der Waals surface area (Å²) in [6, 6.07) is 0. The zero-order valence-corrected chi connectivity index (χ0v) is 6.94. The summed E-state index contributed by atoms with van der Waals surface area (Å²) in [7, 11) is 0. The number of hydrogen-bond acceptors (Lipinski definition) is 1. The van der Waals surface area contributed by atoms with Gasteiger partial charge in [-0.15, -0.1) is 0 Å². The maximum atomic E-state index is 8.34. The molecule has 2 heteroatoms. The van der Waals surface area contributed by atoms with Crippen LogP contribution in [-0.2, 0) is 27.5 Å². The summed E-state index contributed by atoms with van der Waals surface area (Å²) >= 11 is 0.300. The van der Waals surface area contributed by atoms with E-state index in [-0.39, 0.29) is 0 Å². The second-order valence-corrected chi connectivity index (χ2v) is 1.73. The number of hydrogen-bond donors (Lipinski definition) is 0. The molecule has 0 radical (unpaired) electrons. The van der Waals surface area contributed by atoms with Gasteiger partial charge in [-0.25, -0.2) is 0 Å². The average molecular weight is 165 g/mol. The Morgan fingerprint density at radius 2 is 1.17 bits per heavy atom. The minimum absolute atomic E-state index is 0.300. The third-order valence-electron chi connectivity index (χ3n) is 0. The van der Waals surface area contributed by atoms with Gasteiger partial charge in [0.2, 0.25) is 0 Å². The predicted molar refractivity (Wildman–Crippen MR) is 21.2 cm³/mol. The molecule has 0 aromatic heterocycles. The molecule has 6 heavy (non-hydrogen) atoms. The molecule has 0 unspecified atom stereocenters. The molecule has 0 spiro atoms. The van der Waals surface area contributed by atoms with E-state index in [0.717, 1.165) is 5.92 Å². The van der Waals surface area contributed by atoms with Crippen LogP contribution >= 0.6 is 0 Å². The second kappa shape index (κ2) is 9.19. The van der Waals surface area contributed by atoms with E-state index in [2.05, 4.69) is 20.8 Å². The van der Waals surface area contributed by atoms with Crippen molar-refractivity contribution in [2.24, 2.45) is 5.92 Å². The van der Waals surface area contributed by atoms with E-state index < -0.39 is 0 Å². The Bertz CT molecular complexity index is 18.8. The zero-order chi connectivity index (χ0) is 5.58. The van der Waals surface area contributed by atoms with Gasteiger partial charge in [0.05, 0.1) is 0 Å². The van der Waals surface area contributed by atoms with Gasteiger partial charge >= 0.3 is 27.5 Å². The molecular weight excluding hydrogens is 155 g/mol. The van der Waals surface area contributed by atoms with Crippen LogP contribution in [0.5, 0.6) is 0 Å². The van der Waals surface area contributed by atoms with Crippen molar-refractivity contribution in [1.29, 1.82) is 0 Å². The summed E-state index contributed by atoms with van der Waals surface area (Å²) in [6.45, 7) is 6.50. The topological polar surface area (TPSA) is 17.1 Å². The molecule has 0 fully saturated rings.